The first-order chi connectivity index (χ1) is 19.4. The Labute approximate surface area is 261 Å². The highest BCUT2D eigenvalue weighted by Gasteiger charge is 2.34. The largest absolute Gasteiger partial charge is 0.352 e. The van der Waals surface area contributed by atoms with Gasteiger partial charge >= 0.3 is 0 Å². The number of anilines is 1. The number of halogens is 3. The van der Waals surface area contributed by atoms with Gasteiger partial charge in [-0.05, 0) is 80.8 Å². The van der Waals surface area contributed by atoms with E-state index in [9.17, 15) is 18.0 Å². The lowest BCUT2D eigenvalue weighted by Gasteiger charge is -2.33. The van der Waals surface area contributed by atoms with E-state index in [4.69, 9.17) is 23.2 Å². The van der Waals surface area contributed by atoms with Crippen LogP contribution in [0.2, 0.25) is 10.0 Å². The number of sulfonamides is 1. The molecular weight excluding hydrogens is 649 g/mol. The van der Waals surface area contributed by atoms with Crippen molar-refractivity contribution in [1.29, 1.82) is 0 Å². The fraction of sp³-hybridized carbons (Fsp3) is 0.333. The molecule has 7 nitrogen and oxygen atoms in total. The summed E-state index contributed by atoms with van der Waals surface area (Å²) in [5, 5.41) is 3.63. The summed E-state index contributed by atoms with van der Waals surface area (Å²) in [6, 6.07) is 17.2. The van der Waals surface area contributed by atoms with Gasteiger partial charge in [-0.2, -0.15) is 0 Å². The molecule has 220 valence electrons. The van der Waals surface area contributed by atoms with Crippen LogP contribution in [0.25, 0.3) is 0 Å². The first-order valence-corrected chi connectivity index (χ1v) is 16.2. The van der Waals surface area contributed by atoms with Crippen LogP contribution in [-0.2, 0) is 26.2 Å². The maximum absolute atomic E-state index is 14.1. The van der Waals surface area contributed by atoms with E-state index in [0.29, 0.717) is 27.7 Å². The van der Waals surface area contributed by atoms with Gasteiger partial charge < -0.3 is 10.2 Å². The number of carbonyl (C=O) groups is 2. The zero-order valence-corrected chi connectivity index (χ0v) is 27.3. The zero-order chi connectivity index (χ0) is 30.3. The molecule has 0 saturated carbocycles. The molecule has 41 heavy (non-hydrogen) atoms. The van der Waals surface area contributed by atoms with Gasteiger partial charge in [0.1, 0.15) is 12.6 Å². The van der Waals surface area contributed by atoms with Gasteiger partial charge in [-0.1, -0.05) is 76.7 Å². The second-order valence-corrected chi connectivity index (χ2v) is 13.4. The molecule has 0 aliphatic rings. The third kappa shape index (κ3) is 8.47. The Morgan fingerprint density at radius 2 is 1.56 bits per heavy atom. The Bertz CT molecular complexity index is 1470. The summed E-state index contributed by atoms with van der Waals surface area (Å²) < 4.78 is 29.7. The number of nitrogens with zero attached hydrogens (tertiary/aromatic N) is 2. The molecule has 1 N–H and O–H groups in total. The average molecular weight is 683 g/mol. The third-order valence-corrected chi connectivity index (χ3v) is 9.78. The normalized spacial score (nSPS) is 12.9. The summed E-state index contributed by atoms with van der Waals surface area (Å²) in [5.74, 6) is -0.854. The van der Waals surface area contributed by atoms with Crippen molar-refractivity contribution in [2.45, 2.75) is 64.1 Å². The first-order valence-electron chi connectivity index (χ1n) is 13.3. The second kappa shape index (κ2) is 14.5. The molecule has 0 aliphatic carbocycles. The molecule has 3 rings (SSSR count). The predicted molar refractivity (Wildman–Crippen MR) is 169 cm³/mol. The van der Waals surface area contributed by atoms with Crippen LogP contribution < -0.4 is 9.62 Å². The topological polar surface area (TPSA) is 86.8 Å². The minimum Gasteiger partial charge on any atom is -0.352 e. The Hall–Kier alpha value is -2.59. The van der Waals surface area contributed by atoms with Crippen LogP contribution in [0, 0.1) is 6.92 Å². The molecule has 3 aromatic carbocycles. The molecule has 0 aromatic heterocycles. The van der Waals surface area contributed by atoms with E-state index >= 15 is 0 Å². The number of hydrogen-bond acceptors (Lipinski definition) is 4. The van der Waals surface area contributed by atoms with Crippen molar-refractivity contribution in [1.82, 2.24) is 10.2 Å². The lowest BCUT2D eigenvalue weighted by Crippen LogP contribution is -2.53. The predicted octanol–water partition coefficient (Wildman–Crippen LogP) is 6.98. The second-order valence-electron chi connectivity index (χ2n) is 9.81. The van der Waals surface area contributed by atoms with E-state index in [1.54, 1.807) is 54.6 Å². The molecule has 0 aliphatic heterocycles. The minimum absolute atomic E-state index is 0.0287. The van der Waals surface area contributed by atoms with Gasteiger partial charge in [0.2, 0.25) is 11.8 Å². The van der Waals surface area contributed by atoms with Gasteiger partial charge in [0.15, 0.2) is 0 Å². The van der Waals surface area contributed by atoms with Crippen LogP contribution in [0.5, 0.6) is 0 Å². The minimum atomic E-state index is -4.14. The van der Waals surface area contributed by atoms with Gasteiger partial charge in [0, 0.05) is 17.1 Å². The summed E-state index contributed by atoms with van der Waals surface area (Å²) in [4.78, 5) is 28.9. The van der Waals surface area contributed by atoms with Crippen LogP contribution in [-0.4, -0.2) is 43.8 Å². The van der Waals surface area contributed by atoms with Crippen molar-refractivity contribution in [3.63, 3.8) is 0 Å². The van der Waals surface area contributed by atoms with Crippen molar-refractivity contribution in [2.24, 2.45) is 0 Å². The van der Waals surface area contributed by atoms with Crippen molar-refractivity contribution < 1.29 is 18.0 Å². The summed E-state index contributed by atoms with van der Waals surface area (Å²) in [7, 11) is -4.14. The van der Waals surface area contributed by atoms with Crippen LogP contribution in [0.4, 0.5) is 5.69 Å². The van der Waals surface area contributed by atoms with Gasteiger partial charge in [-0.15, -0.1) is 0 Å². The average Bonchev–Trinajstić information content (AvgIpc) is 2.94. The Morgan fingerprint density at radius 1 is 0.927 bits per heavy atom. The molecule has 0 saturated heterocycles. The van der Waals surface area contributed by atoms with Gasteiger partial charge in [-0.3, -0.25) is 13.9 Å². The Balaban J connectivity index is 2.07. The van der Waals surface area contributed by atoms with Crippen molar-refractivity contribution in [3.05, 3.63) is 92.4 Å². The molecule has 2 unspecified atom stereocenters. The molecule has 0 fully saturated rings. The summed E-state index contributed by atoms with van der Waals surface area (Å²) >= 11 is 15.7. The van der Waals surface area contributed by atoms with Gasteiger partial charge in [0.05, 0.1) is 20.6 Å². The van der Waals surface area contributed by atoms with E-state index < -0.39 is 28.5 Å². The van der Waals surface area contributed by atoms with Crippen LogP contribution >= 0.6 is 39.1 Å². The SMILES string of the molecule is CCC(C)NC(=O)C(CC)N(Cc1ccc(Cl)c(Cl)c1)C(=O)CN(c1ccc(Br)cc1)S(=O)(=O)c1ccc(C)cc1. The van der Waals surface area contributed by atoms with Gasteiger partial charge in [-0.25, -0.2) is 8.42 Å². The van der Waals surface area contributed by atoms with Gasteiger partial charge in [0.25, 0.3) is 10.0 Å². The number of rotatable bonds is 12. The van der Waals surface area contributed by atoms with Crippen LogP contribution in [0.3, 0.4) is 0 Å². The summed E-state index contributed by atoms with van der Waals surface area (Å²) in [5.41, 5.74) is 1.87. The fourth-order valence-corrected chi connectivity index (χ4v) is 6.17. The maximum atomic E-state index is 14.1. The lowest BCUT2D eigenvalue weighted by molar-refractivity contribution is -0.140. The number of nitrogens with one attached hydrogen (secondary N) is 1. The highest BCUT2D eigenvalue weighted by atomic mass is 79.9. The molecule has 0 spiro atoms. The highest BCUT2D eigenvalue weighted by Crippen LogP contribution is 2.28. The molecule has 0 bridgehead atoms. The van der Waals surface area contributed by atoms with Crippen LogP contribution in [0.1, 0.15) is 44.7 Å². The van der Waals surface area contributed by atoms with Crippen molar-refractivity contribution in [3.8, 4) is 0 Å². The number of carbonyl (C=O) groups excluding carboxylic acids is 2. The molecule has 11 heteroatoms. The lowest BCUT2D eigenvalue weighted by atomic mass is 10.1. The van der Waals surface area contributed by atoms with Crippen molar-refractivity contribution >= 4 is 66.7 Å². The Kier molecular flexibility index (Phi) is 11.7. The van der Waals surface area contributed by atoms with E-state index in [1.165, 1.54) is 17.0 Å². The smallest absolute Gasteiger partial charge is 0.264 e. The maximum Gasteiger partial charge on any atom is 0.264 e. The summed E-state index contributed by atoms with van der Waals surface area (Å²) in [6.07, 6.45) is 1.04. The van der Waals surface area contributed by atoms with Crippen molar-refractivity contribution in [2.75, 3.05) is 10.8 Å². The number of aryl methyl sites for hydroxylation is 1. The fourth-order valence-electron chi connectivity index (χ4n) is 4.17. The third-order valence-electron chi connectivity index (χ3n) is 6.73. The molecule has 3 aromatic rings. The molecular formula is C30H34BrCl2N3O4S. The highest BCUT2D eigenvalue weighted by molar-refractivity contribution is 9.10. The summed E-state index contributed by atoms with van der Waals surface area (Å²) in [6.45, 7) is 7.02. The molecule has 0 radical (unpaired) electrons. The Morgan fingerprint density at radius 3 is 2.12 bits per heavy atom. The monoisotopic (exact) mass is 681 g/mol. The van der Waals surface area contributed by atoms with E-state index in [-0.39, 0.29) is 23.4 Å². The van der Waals surface area contributed by atoms with Crippen LogP contribution in [0.15, 0.2) is 76.1 Å². The first kappa shape index (κ1) is 32.9. The molecule has 0 heterocycles. The number of amides is 2. The quantitative estimate of drug-likeness (QED) is 0.223. The number of hydrogen-bond donors (Lipinski definition) is 1. The van der Waals surface area contributed by atoms with E-state index in [2.05, 4.69) is 21.2 Å². The zero-order valence-electron chi connectivity index (χ0n) is 23.4. The molecule has 2 atom stereocenters. The number of benzene rings is 3. The molecule has 2 amide bonds. The van der Waals surface area contributed by atoms with E-state index in [1.807, 2.05) is 27.7 Å². The van der Waals surface area contributed by atoms with E-state index in [0.717, 1.165) is 20.8 Å². The standard InChI is InChI=1S/C30H34BrCl2N3O4S/c1-5-21(4)34-30(38)28(6-2)35(18-22-9-16-26(32)27(33)17-22)29(37)19-36(24-12-10-23(31)11-13-24)41(39,40)25-14-7-20(3)8-15-25/h7-17,21,28H,5-6,18-19H2,1-4H3,(H,34,38).